The Bertz CT molecular complexity index is 957. The summed E-state index contributed by atoms with van der Waals surface area (Å²) in [5, 5.41) is 2.91. The average molecular weight is 391 g/mol. The number of thioether (sulfide) groups is 1. The third-order valence-corrected chi connectivity index (χ3v) is 5.19. The molecule has 0 bridgehead atoms. The average Bonchev–Trinajstić information content (AvgIpc) is 2.76. The highest BCUT2D eigenvalue weighted by atomic mass is 32.2. The Kier molecular flexibility index (Phi) is 6.87. The minimum Gasteiger partial charge on any atom is -0.496 e. The second kappa shape index (κ2) is 9.76. The number of nitrogens with one attached hydrogen (secondary N) is 1. The van der Waals surface area contributed by atoms with Crippen LogP contribution in [0.5, 0.6) is 5.75 Å². The Labute approximate surface area is 168 Å². The molecule has 0 heterocycles. The first-order chi connectivity index (χ1) is 13.7. The van der Waals surface area contributed by atoms with Gasteiger partial charge in [0, 0.05) is 28.1 Å². The molecule has 0 spiro atoms. The number of Topliss-reactive ketones (excluding diaryl/α,β-unsaturated/α-hetero) is 1. The van der Waals surface area contributed by atoms with Gasteiger partial charge in [0.15, 0.2) is 5.78 Å². The summed E-state index contributed by atoms with van der Waals surface area (Å²) in [6.45, 7) is 0.382. The van der Waals surface area contributed by atoms with Crippen molar-refractivity contribution in [2.75, 3.05) is 12.9 Å². The SMILES string of the molecule is COc1ccccc1CNC(=O)c1cccc(SCC(=O)c2ccccc2)c1. The zero-order chi connectivity index (χ0) is 19.8. The lowest BCUT2D eigenvalue weighted by Gasteiger charge is -2.10. The smallest absolute Gasteiger partial charge is 0.251 e. The van der Waals surface area contributed by atoms with Crippen LogP contribution in [0.2, 0.25) is 0 Å². The van der Waals surface area contributed by atoms with E-state index in [1.54, 1.807) is 19.2 Å². The number of methoxy groups -OCH3 is 1. The molecular weight excluding hydrogens is 370 g/mol. The van der Waals surface area contributed by atoms with Crippen molar-refractivity contribution in [1.29, 1.82) is 0 Å². The molecule has 3 aromatic carbocycles. The van der Waals surface area contributed by atoms with Gasteiger partial charge in [0.2, 0.25) is 0 Å². The molecule has 0 aliphatic rings. The quantitative estimate of drug-likeness (QED) is 0.450. The van der Waals surface area contributed by atoms with Crippen molar-refractivity contribution in [3.8, 4) is 5.75 Å². The molecule has 3 rings (SSSR count). The summed E-state index contributed by atoms with van der Waals surface area (Å²) < 4.78 is 5.31. The van der Waals surface area contributed by atoms with Crippen LogP contribution in [0.4, 0.5) is 0 Å². The van der Waals surface area contributed by atoms with Crippen LogP contribution in [0.3, 0.4) is 0 Å². The Hall–Kier alpha value is -3.05. The monoisotopic (exact) mass is 391 g/mol. The van der Waals surface area contributed by atoms with Crippen molar-refractivity contribution in [3.63, 3.8) is 0 Å². The van der Waals surface area contributed by atoms with Crippen LogP contribution in [0.25, 0.3) is 0 Å². The normalized spacial score (nSPS) is 10.3. The minimum atomic E-state index is -0.164. The second-order valence-electron chi connectivity index (χ2n) is 6.10. The summed E-state index contributed by atoms with van der Waals surface area (Å²) in [6.07, 6.45) is 0. The topological polar surface area (TPSA) is 55.4 Å². The summed E-state index contributed by atoms with van der Waals surface area (Å²) >= 11 is 1.43. The van der Waals surface area contributed by atoms with E-state index in [1.807, 2.05) is 66.7 Å². The molecule has 0 aromatic heterocycles. The van der Waals surface area contributed by atoms with Gasteiger partial charge in [-0.1, -0.05) is 54.6 Å². The minimum absolute atomic E-state index is 0.0663. The summed E-state index contributed by atoms with van der Waals surface area (Å²) in [5.41, 5.74) is 2.17. The first-order valence-electron chi connectivity index (χ1n) is 8.88. The molecule has 3 aromatic rings. The van der Waals surface area contributed by atoms with Crippen LogP contribution in [0, 0.1) is 0 Å². The summed E-state index contributed by atoms with van der Waals surface area (Å²) in [6, 6.07) is 24.1. The fourth-order valence-electron chi connectivity index (χ4n) is 2.71. The fraction of sp³-hybridized carbons (Fsp3) is 0.130. The molecule has 1 N–H and O–H groups in total. The lowest BCUT2D eigenvalue weighted by Crippen LogP contribution is -2.23. The molecule has 1 amide bonds. The van der Waals surface area contributed by atoms with Gasteiger partial charge in [0.05, 0.1) is 12.9 Å². The molecule has 142 valence electrons. The van der Waals surface area contributed by atoms with Crippen LogP contribution in [-0.4, -0.2) is 24.6 Å². The van der Waals surface area contributed by atoms with Gasteiger partial charge in [0.25, 0.3) is 5.91 Å². The number of amides is 1. The number of hydrogen-bond acceptors (Lipinski definition) is 4. The van der Waals surface area contributed by atoms with Gasteiger partial charge in [-0.15, -0.1) is 11.8 Å². The highest BCUT2D eigenvalue weighted by Gasteiger charge is 2.10. The summed E-state index contributed by atoms with van der Waals surface area (Å²) in [5.74, 6) is 0.974. The molecule has 28 heavy (non-hydrogen) atoms. The van der Waals surface area contributed by atoms with Gasteiger partial charge in [-0.3, -0.25) is 9.59 Å². The first kappa shape index (κ1) is 19.7. The predicted octanol–water partition coefficient (Wildman–Crippen LogP) is 4.60. The van der Waals surface area contributed by atoms with Crippen LogP contribution in [0.15, 0.2) is 83.8 Å². The van der Waals surface area contributed by atoms with Crippen molar-refractivity contribution in [3.05, 3.63) is 95.6 Å². The van der Waals surface area contributed by atoms with Crippen LogP contribution in [0.1, 0.15) is 26.3 Å². The Balaban J connectivity index is 1.59. The summed E-state index contributed by atoms with van der Waals surface area (Å²) in [7, 11) is 1.61. The molecule has 5 heteroatoms. The van der Waals surface area contributed by atoms with Gasteiger partial charge >= 0.3 is 0 Å². The molecule has 0 saturated heterocycles. The third kappa shape index (κ3) is 5.24. The van der Waals surface area contributed by atoms with Crippen molar-refractivity contribution >= 4 is 23.5 Å². The lowest BCUT2D eigenvalue weighted by atomic mass is 10.1. The predicted molar refractivity (Wildman–Crippen MR) is 112 cm³/mol. The molecule has 0 atom stereocenters. The van der Waals surface area contributed by atoms with E-state index in [-0.39, 0.29) is 11.7 Å². The highest BCUT2D eigenvalue weighted by Crippen LogP contribution is 2.21. The zero-order valence-corrected chi connectivity index (χ0v) is 16.4. The van der Waals surface area contributed by atoms with Crippen molar-refractivity contribution in [2.45, 2.75) is 11.4 Å². The van der Waals surface area contributed by atoms with E-state index in [1.165, 1.54) is 11.8 Å². The zero-order valence-electron chi connectivity index (χ0n) is 15.6. The maximum Gasteiger partial charge on any atom is 0.251 e. The van der Waals surface area contributed by atoms with Gasteiger partial charge in [-0.25, -0.2) is 0 Å². The van der Waals surface area contributed by atoms with E-state index >= 15 is 0 Å². The molecular formula is C23H21NO3S. The molecule has 0 fully saturated rings. The number of benzene rings is 3. The molecule has 4 nitrogen and oxygen atoms in total. The van der Waals surface area contributed by atoms with Crippen LogP contribution >= 0.6 is 11.8 Å². The number of carbonyl (C=O) groups is 2. The molecule has 0 radical (unpaired) electrons. The first-order valence-corrected chi connectivity index (χ1v) is 9.87. The van der Waals surface area contributed by atoms with Crippen molar-refractivity contribution < 1.29 is 14.3 Å². The lowest BCUT2D eigenvalue weighted by molar-refractivity contribution is 0.0949. The number of hydrogen-bond donors (Lipinski definition) is 1. The number of carbonyl (C=O) groups excluding carboxylic acids is 2. The van der Waals surface area contributed by atoms with E-state index in [4.69, 9.17) is 4.74 Å². The van der Waals surface area contributed by atoms with Crippen LogP contribution < -0.4 is 10.1 Å². The second-order valence-corrected chi connectivity index (χ2v) is 7.15. The Morgan fingerprint density at radius 1 is 0.893 bits per heavy atom. The van der Waals surface area contributed by atoms with Crippen molar-refractivity contribution in [2.24, 2.45) is 0 Å². The number of para-hydroxylation sites is 1. The maximum absolute atomic E-state index is 12.5. The van der Waals surface area contributed by atoms with Gasteiger partial charge in [0.1, 0.15) is 5.75 Å². The van der Waals surface area contributed by atoms with E-state index in [0.29, 0.717) is 23.4 Å². The summed E-state index contributed by atoms with van der Waals surface area (Å²) in [4.78, 5) is 25.6. The number of rotatable bonds is 8. The van der Waals surface area contributed by atoms with E-state index < -0.39 is 0 Å². The molecule has 0 aliphatic heterocycles. The standard InChI is InChI=1S/C23H21NO3S/c1-27-22-13-6-5-10-19(22)15-24-23(26)18-11-7-12-20(14-18)28-16-21(25)17-8-3-2-4-9-17/h2-14H,15-16H2,1H3,(H,24,26). The molecule has 0 aliphatic carbocycles. The van der Waals surface area contributed by atoms with Crippen LogP contribution in [-0.2, 0) is 6.54 Å². The molecule has 0 unspecified atom stereocenters. The number of ether oxygens (including phenoxy) is 1. The van der Waals surface area contributed by atoms with Gasteiger partial charge in [-0.05, 0) is 24.3 Å². The van der Waals surface area contributed by atoms with E-state index in [9.17, 15) is 9.59 Å². The highest BCUT2D eigenvalue weighted by molar-refractivity contribution is 8.00. The van der Waals surface area contributed by atoms with Gasteiger partial charge in [-0.2, -0.15) is 0 Å². The number of ketones is 1. The van der Waals surface area contributed by atoms with Crippen molar-refractivity contribution in [1.82, 2.24) is 5.32 Å². The Morgan fingerprint density at radius 2 is 1.61 bits per heavy atom. The third-order valence-electron chi connectivity index (χ3n) is 4.19. The fourth-order valence-corrected chi connectivity index (χ4v) is 3.56. The van der Waals surface area contributed by atoms with Gasteiger partial charge < -0.3 is 10.1 Å². The molecule has 0 saturated carbocycles. The van der Waals surface area contributed by atoms with E-state index in [2.05, 4.69) is 5.32 Å². The largest absolute Gasteiger partial charge is 0.496 e. The van der Waals surface area contributed by atoms with E-state index in [0.717, 1.165) is 16.2 Å². The Morgan fingerprint density at radius 3 is 2.39 bits per heavy atom. The maximum atomic E-state index is 12.5.